The molecule has 0 spiro atoms. The second-order valence-corrected chi connectivity index (χ2v) is 3.30. The first-order valence-corrected chi connectivity index (χ1v) is 4.46. The van der Waals surface area contributed by atoms with E-state index in [0.717, 1.165) is 6.54 Å². The van der Waals surface area contributed by atoms with E-state index in [9.17, 15) is 4.79 Å². The molecular weight excluding hydrogens is 172 g/mol. The van der Waals surface area contributed by atoms with Crippen LogP contribution in [0.2, 0.25) is 0 Å². The molecule has 0 aliphatic carbocycles. The van der Waals surface area contributed by atoms with E-state index in [2.05, 4.69) is 5.32 Å². The lowest BCUT2D eigenvalue weighted by atomic mass is 10.2. The van der Waals surface area contributed by atoms with Crippen molar-refractivity contribution in [2.75, 3.05) is 26.2 Å². The van der Waals surface area contributed by atoms with Gasteiger partial charge in [0, 0.05) is 19.6 Å². The Labute approximate surface area is 77.3 Å². The number of piperazine rings is 1. The summed E-state index contributed by atoms with van der Waals surface area (Å²) in [7, 11) is 0. The molecule has 13 heavy (non-hydrogen) atoms. The van der Waals surface area contributed by atoms with Crippen molar-refractivity contribution in [3.63, 3.8) is 0 Å². The SMILES string of the molecule is CC1NCCN(CC(O)CO)C1=O. The molecular formula is C8H16N2O3. The highest BCUT2D eigenvalue weighted by molar-refractivity contribution is 5.82. The molecule has 3 N–H and O–H groups in total. The summed E-state index contributed by atoms with van der Waals surface area (Å²) in [6.07, 6.45) is -0.825. The van der Waals surface area contributed by atoms with E-state index in [1.165, 1.54) is 0 Å². The number of nitrogens with zero attached hydrogens (tertiary/aromatic N) is 1. The van der Waals surface area contributed by atoms with Gasteiger partial charge in [-0.15, -0.1) is 0 Å². The lowest BCUT2D eigenvalue weighted by Gasteiger charge is -2.32. The Kier molecular flexibility index (Phi) is 3.65. The fraction of sp³-hybridized carbons (Fsp3) is 0.875. The molecule has 1 rings (SSSR count). The van der Waals surface area contributed by atoms with Crippen LogP contribution >= 0.6 is 0 Å². The molecule has 2 unspecified atom stereocenters. The van der Waals surface area contributed by atoms with E-state index in [1.807, 2.05) is 0 Å². The third kappa shape index (κ3) is 2.65. The maximum atomic E-state index is 11.4. The molecule has 0 aromatic carbocycles. The molecule has 2 atom stereocenters. The molecule has 0 aromatic rings. The lowest BCUT2D eigenvalue weighted by molar-refractivity contribution is -0.136. The summed E-state index contributed by atoms with van der Waals surface area (Å²) >= 11 is 0. The Morgan fingerprint density at radius 2 is 2.46 bits per heavy atom. The Morgan fingerprint density at radius 3 is 3.08 bits per heavy atom. The minimum atomic E-state index is -0.825. The van der Waals surface area contributed by atoms with Gasteiger partial charge in [0.1, 0.15) is 0 Å². The average molecular weight is 188 g/mol. The van der Waals surface area contributed by atoms with E-state index in [-0.39, 0.29) is 25.1 Å². The maximum absolute atomic E-state index is 11.4. The van der Waals surface area contributed by atoms with Crippen molar-refractivity contribution >= 4 is 5.91 Å². The molecule has 1 aliphatic heterocycles. The van der Waals surface area contributed by atoms with E-state index < -0.39 is 6.10 Å². The van der Waals surface area contributed by atoms with Crippen molar-refractivity contribution < 1.29 is 15.0 Å². The molecule has 0 bridgehead atoms. The van der Waals surface area contributed by atoms with Gasteiger partial charge in [0.2, 0.25) is 5.91 Å². The van der Waals surface area contributed by atoms with Crippen LogP contribution in [0.5, 0.6) is 0 Å². The van der Waals surface area contributed by atoms with Gasteiger partial charge in [-0.1, -0.05) is 0 Å². The summed E-state index contributed by atoms with van der Waals surface area (Å²) in [4.78, 5) is 13.0. The zero-order valence-corrected chi connectivity index (χ0v) is 7.73. The Bertz CT molecular complexity index is 186. The predicted octanol–water partition coefficient (Wildman–Crippen LogP) is -1.84. The number of nitrogens with one attached hydrogen (secondary N) is 1. The van der Waals surface area contributed by atoms with Crippen LogP contribution < -0.4 is 5.32 Å². The van der Waals surface area contributed by atoms with Gasteiger partial charge >= 0.3 is 0 Å². The first-order valence-electron chi connectivity index (χ1n) is 4.46. The van der Waals surface area contributed by atoms with Crippen molar-refractivity contribution in [3.05, 3.63) is 0 Å². The van der Waals surface area contributed by atoms with Crippen LogP contribution in [-0.4, -0.2) is 59.4 Å². The number of rotatable bonds is 3. The zero-order valence-electron chi connectivity index (χ0n) is 7.73. The summed E-state index contributed by atoms with van der Waals surface area (Å²) in [5.74, 6) is -0.0150. The fourth-order valence-electron chi connectivity index (χ4n) is 1.38. The molecule has 0 aromatic heterocycles. The maximum Gasteiger partial charge on any atom is 0.239 e. The van der Waals surface area contributed by atoms with Gasteiger partial charge in [0.05, 0.1) is 18.8 Å². The molecule has 1 fully saturated rings. The number of carbonyl (C=O) groups is 1. The number of carbonyl (C=O) groups excluding carboxylic acids is 1. The van der Waals surface area contributed by atoms with E-state index >= 15 is 0 Å². The topological polar surface area (TPSA) is 72.8 Å². The molecule has 1 aliphatic rings. The molecule has 76 valence electrons. The second kappa shape index (κ2) is 4.55. The molecule has 1 heterocycles. The summed E-state index contributed by atoms with van der Waals surface area (Å²) in [5, 5.41) is 20.8. The minimum Gasteiger partial charge on any atom is -0.394 e. The number of amides is 1. The van der Waals surface area contributed by atoms with Crippen molar-refractivity contribution in [2.24, 2.45) is 0 Å². The van der Waals surface area contributed by atoms with Crippen LogP contribution in [0.1, 0.15) is 6.92 Å². The van der Waals surface area contributed by atoms with Gasteiger partial charge in [0.15, 0.2) is 0 Å². The third-order valence-corrected chi connectivity index (χ3v) is 2.16. The summed E-state index contributed by atoms with van der Waals surface area (Å²) in [6, 6.07) is -0.181. The average Bonchev–Trinajstić information content (AvgIpc) is 2.13. The Hall–Kier alpha value is -0.650. The minimum absolute atomic E-state index is 0.0150. The normalized spacial score (nSPS) is 26.2. The molecule has 1 saturated heterocycles. The van der Waals surface area contributed by atoms with Gasteiger partial charge in [-0.2, -0.15) is 0 Å². The van der Waals surface area contributed by atoms with Crippen LogP contribution in [0.3, 0.4) is 0 Å². The summed E-state index contributed by atoms with van der Waals surface area (Å²) in [6.45, 7) is 3.05. The largest absolute Gasteiger partial charge is 0.394 e. The van der Waals surface area contributed by atoms with E-state index in [1.54, 1.807) is 11.8 Å². The number of hydrogen-bond acceptors (Lipinski definition) is 4. The van der Waals surface area contributed by atoms with Crippen LogP contribution in [-0.2, 0) is 4.79 Å². The fourth-order valence-corrected chi connectivity index (χ4v) is 1.38. The van der Waals surface area contributed by atoms with Gasteiger partial charge in [-0.3, -0.25) is 4.79 Å². The summed E-state index contributed by atoms with van der Waals surface area (Å²) < 4.78 is 0. The second-order valence-electron chi connectivity index (χ2n) is 3.30. The van der Waals surface area contributed by atoms with Crippen LogP contribution in [0, 0.1) is 0 Å². The van der Waals surface area contributed by atoms with Crippen molar-refractivity contribution in [1.82, 2.24) is 10.2 Å². The molecule has 0 saturated carbocycles. The first kappa shape index (κ1) is 10.4. The molecule has 0 radical (unpaired) electrons. The van der Waals surface area contributed by atoms with Crippen LogP contribution in [0.4, 0.5) is 0 Å². The quantitative estimate of drug-likeness (QED) is 0.486. The van der Waals surface area contributed by atoms with Crippen molar-refractivity contribution in [1.29, 1.82) is 0 Å². The standard InChI is InChI=1S/C8H16N2O3/c1-6-8(13)10(3-2-9-6)4-7(12)5-11/h6-7,9,11-12H,2-5H2,1H3. The number of β-amino-alcohol motifs (C(OH)–C–C–N with tert-alkyl or cyclic N) is 1. The highest BCUT2D eigenvalue weighted by Gasteiger charge is 2.25. The monoisotopic (exact) mass is 188 g/mol. The van der Waals surface area contributed by atoms with Gasteiger partial charge in [0.25, 0.3) is 0 Å². The number of aliphatic hydroxyl groups is 2. The Balaban J connectivity index is 2.44. The van der Waals surface area contributed by atoms with Crippen LogP contribution in [0.25, 0.3) is 0 Å². The predicted molar refractivity (Wildman–Crippen MR) is 47.1 cm³/mol. The van der Waals surface area contributed by atoms with Gasteiger partial charge < -0.3 is 20.4 Å². The zero-order chi connectivity index (χ0) is 9.84. The lowest BCUT2D eigenvalue weighted by Crippen LogP contribution is -2.55. The van der Waals surface area contributed by atoms with Crippen molar-refractivity contribution in [2.45, 2.75) is 19.1 Å². The van der Waals surface area contributed by atoms with Crippen molar-refractivity contribution in [3.8, 4) is 0 Å². The summed E-state index contributed by atoms with van der Waals surface area (Å²) in [5.41, 5.74) is 0. The third-order valence-electron chi connectivity index (χ3n) is 2.16. The molecule has 5 heteroatoms. The highest BCUT2D eigenvalue weighted by atomic mass is 16.3. The number of hydrogen-bond donors (Lipinski definition) is 3. The molecule has 5 nitrogen and oxygen atoms in total. The van der Waals surface area contributed by atoms with E-state index in [4.69, 9.17) is 10.2 Å². The van der Waals surface area contributed by atoms with E-state index in [0.29, 0.717) is 6.54 Å². The highest BCUT2D eigenvalue weighted by Crippen LogP contribution is 2.01. The smallest absolute Gasteiger partial charge is 0.239 e. The van der Waals surface area contributed by atoms with Gasteiger partial charge in [-0.05, 0) is 6.92 Å². The van der Waals surface area contributed by atoms with Gasteiger partial charge in [-0.25, -0.2) is 0 Å². The first-order chi connectivity index (χ1) is 6.15. The Morgan fingerprint density at radius 1 is 1.77 bits per heavy atom. The molecule has 1 amide bonds. The van der Waals surface area contributed by atoms with Crippen LogP contribution in [0.15, 0.2) is 0 Å². The number of aliphatic hydroxyl groups excluding tert-OH is 2.